The van der Waals surface area contributed by atoms with Crippen LogP contribution in [0.15, 0.2) is 23.1 Å². The van der Waals surface area contributed by atoms with Gasteiger partial charge in [0, 0.05) is 12.6 Å². The molecule has 0 heterocycles. The van der Waals surface area contributed by atoms with Gasteiger partial charge >= 0.3 is 0 Å². The van der Waals surface area contributed by atoms with Crippen molar-refractivity contribution in [3.05, 3.63) is 23.8 Å². The predicted octanol–water partition coefficient (Wildman–Crippen LogP) is 1.75. The highest BCUT2D eigenvalue weighted by atomic mass is 32.2. The van der Waals surface area contributed by atoms with E-state index in [-0.39, 0.29) is 17.5 Å². The van der Waals surface area contributed by atoms with Crippen molar-refractivity contribution in [1.82, 2.24) is 4.31 Å². The molecule has 0 radical (unpaired) electrons. The first-order valence-electron chi connectivity index (χ1n) is 6.84. The summed E-state index contributed by atoms with van der Waals surface area (Å²) in [4.78, 5) is 0.178. The van der Waals surface area contributed by atoms with Crippen LogP contribution >= 0.6 is 0 Å². The van der Waals surface area contributed by atoms with Crippen LogP contribution in [0.4, 0.5) is 0 Å². The minimum atomic E-state index is -3.54. The molecule has 1 aromatic carbocycles. The molecule has 112 valence electrons. The molecule has 1 saturated carbocycles. The van der Waals surface area contributed by atoms with Crippen LogP contribution in [0.25, 0.3) is 0 Å². The van der Waals surface area contributed by atoms with Crippen LogP contribution in [0.5, 0.6) is 5.75 Å². The second-order valence-corrected chi connectivity index (χ2v) is 6.85. The van der Waals surface area contributed by atoms with Gasteiger partial charge in [-0.15, -0.1) is 0 Å². The molecule has 5 nitrogen and oxygen atoms in total. The number of nitrogens with zero attached hydrogens (tertiary/aromatic N) is 1. The number of aliphatic hydroxyl groups is 1. The fraction of sp³-hybridized carbons (Fsp3) is 0.571. The van der Waals surface area contributed by atoms with E-state index in [0.717, 1.165) is 19.3 Å². The normalized spacial score (nSPS) is 15.6. The molecule has 6 heteroatoms. The van der Waals surface area contributed by atoms with E-state index in [0.29, 0.717) is 17.9 Å². The van der Waals surface area contributed by atoms with Gasteiger partial charge in [-0.2, -0.15) is 4.31 Å². The molecule has 0 aliphatic heterocycles. The van der Waals surface area contributed by atoms with Crippen LogP contribution < -0.4 is 4.74 Å². The lowest BCUT2D eigenvalue weighted by Gasteiger charge is -2.22. The minimum absolute atomic E-state index is 0.127. The van der Waals surface area contributed by atoms with Crippen molar-refractivity contribution < 1.29 is 18.3 Å². The summed E-state index contributed by atoms with van der Waals surface area (Å²) in [5, 5.41) is 9.13. The van der Waals surface area contributed by atoms with Crippen molar-refractivity contribution in [1.29, 1.82) is 0 Å². The largest absolute Gasteiger partial charge is 0.495 e. The summed E-state index contributed by atoms with van der Waals surface area (Å²) < 4.78 is 32.3. The molecule has 1 fully saturated rings. The molecule has 0 saturated heterocycles. The average Bonchev–Trinajstić information content (AvgIpc) is 3.28. The maximum Gasteiger partial charge on any atom is 0.247 e. The Labute approximate surface area is 120 Å². The predicted molar refractivity (Wildman–Crippen MR) is 76.1 cm³/mol. The van der Waals surface area contributed by atoms with E-state index in [1.54, 1.807) is 16.4 Å². The Hall–Kier alpha value is -1.11. The van der Waals surface area contributed by atoms with Gasteiger partial charge in [-0.25, -0.2) is 8.42 Å². The highest BCUT2D eigenvalue weighted by molar-refractivity contribution is 7.89. The first-order chi connectivity index (χ1) is 9.54. The fourth-order valence-electron chi connectivity index (χ4n) is 2.23. The van der Waals surface area contributed by atoms with E-state index in [1.165, 1.54) is 13.2 Å². The zero-order valence-electron chi connectivity index (χ0n) is 11.9. The van der Waals surface area contributed by atoms with E-state index in [9.17, 15) is 8.42 Å². The van der Waals surface area contributed by atoms with E-state index in [1.807, 2.05) is 6.92 Å². The number of methoxy groups -OCH3 is 1. The summed E-state index contributed by atoms with van der Waals surface area (Å²) in [6.07, 6.45) is 2.64. The molecule has 1 aromatic rings. The highest BCUT2D eigenvalue weighted by Crippen LogP contribution is 2.35. The highest BCUT2D eigenvalue weighted by Gasteiger charge is 2.38. The van der Waals surface area contributed by atoms with Gasteiger partial charge in [-0.3, -0.25) is 0 Å². The first-order valence-corrected chi connectivity index (χ1v) is 8.28. The molecule has 0 bridgehead atoms. The Morgan fingerprint density at radius 2 is 2.10 bits per heavy atom. The van der Waals surface area contributed by atoms with Crippen LogP contribution in [0, 0.1) is 0 Å². The molecular weight excluding hydrogens is 278 g/mol. The molecule has 0 aromatic heterocycles. The van der Waals surface area contributed by atoms with Crippen LogP contribution in [0.2, 0.25) is 0 Å². The molecule has 1 N–H and O–H groups in total. The monoisotopic (exact) mass is 299 g/mol. The Kier molecular flexibility index (Phi) is 4.67. The second kappa shape index (κ2) is 6.11. The summed E-state index contributed by atoms with van der Waals surface area (Å²) in [7, 11) is -2.10. The zero-order valence-corrected chi connectivity index (χ0v) is 12.7. The molecule has 0 amide bonds. The number of sulfonamides is 1. The number of benzene rings is 1. The Morgan fingerprint density at radius 3 is 2.60 bits per heavy atom. The van der Waals surface area contributed by atoms with Gasteiger partial charge in [0.25, 0.3) is 0 Å². The van der Waals surface area contributed by atoms with E-state index in [4.69, 9.17) is 9.84 Å². The first kappa shape index (κ1) is 15.3. The summed E-state index contributed by atoms with van der Waals surface area (Å²) in [5.74, 6) is 0.290. The van der Waals surface area contributed by atoms with Crippen molar-refractivity contribution in [3.63, 3.8) is 0 Å². The van der Waals surface area contributed by atoms with Crippen molar-refractivity contribution in [2.45, 2.75) is 43.7 Å². The van der Waals surface area contributed by atoms with Crippen LogP contribution in [-0.2, 0) is 16.6 Å². The lowest BCUT2D eigenvalue weighted by atomic mass is 10.2. The third-order valence-electron chi connectivity index (χ3n) is 3.40. The Bertz CT molecular complexity index is 567. The maximum absolute atomic E-state index is 12.8. The van der Waals surface area contributed by atoms with Gasteiger partial charge in [0.15, 0.2) is 0 Å². The van der Waals surface area contributed by atoms with E-state index in [2.05, 4.69) is 0 Å². The Balaban J connectivity index is 2.41. The minimum Gasteiger partial charge on any atom is -0.495 e. The van der Waals surface area contributed by atoms with Gasteiger partial charge in [0.05, 0.1) is 13.7 Å². The number of ether oxygens (including phenoxy) is 1. The smallest absolute Gasteiger partial charge is 0.247 e. The van der Waals surface area contributed by atoms with E-state index < -0.39 is 10.0 Å². The molecule has 0 atom stereocenters. The average molecular weight is 299 g/mol. The Morgan fingerprint density at radius 1 is 1.40 bits per heavy atom. The molecule has 0 unspecified atom stereocenters. The molecule has 2 rings (SSSR count). The summed E-state index contributed by atoms with van der Waals surface area (Å²) in [6.45, 7) is 2.35. The topological polar surface area (TPSA) is 66.8 Å². The quantitative estimate of drug-likeness (QED) is 0.833. The number of rotatable bonds is 7. The maximum atomic E-state index is 12.8. The number of aliphatic hydroxyl groups excluding tert-OH is 1. The summed E-state index contributed by atoms with van der Waals surface area (Å²) in [5.41, 5.74) is 0.634. The molecule has 1 aliphatic rings. The van der Waals surface area contributed by atoms with Gasteiger partial charge < -0.3 is 9.84 Å². The summed E-state index contributed by atoms with van der Waals surface area (Å²) >= 11 is 0. The SMILES string of the molecule is CCCN(C1CC1)S(=O)(=O)c1ccc(CO)cc1OC. The van der Waals surface area contributed by atoms with Crippen molar-refractivity contribution in [2.24, 2.45) is 0 Å². The van der Waals surface area contributed by atoms with Crippen LogP contribution in [0.1, 0.15) is 31.7 Å². The van der Waals surface area contributed by atoms with Crippen LogP contribution in [-0.4, -0.2) is 37.5 Å². The lowest BCUT2D eigenvalue weighted by Crippen LogP contribution is -2.34. The molecule has 0 spiro atoms. The van der Waals surface area contributed by atoms with Crippen molar-refractivity contribution in [2.75, 3.05) is 13.7 Å². The van der Waals surface area contributed by atoms with Crippen LogP contribution in [0.3, 0.4) is 0 Å². The number of hydrogen-bond acceptors (Lipinski definition) is 4. The van der Waals surface area contributed by atoms with E-state index >= 15 is 0 Å². The lowest BCUT2D eigenvalue weighted by molar-refractivity contribution is 0.280. The van der Waals surface area contributed by atoms with Gasteiger partial charge in [0.2, 0.25) is 10.0 Å². The van der Waals surface area contributed by atoms with Crippen molar-refractivity contribution >= 4 is 10.0 Å². The van der Waals surface area contributed by atoms with Gasteiger partial charge in [0.1, 0.15) is 10.6 Å². The fourth-order valence-corrected chi connectivity index (χ4v) is 4.15. The third-order valence-corrected chi connectivity index (χ3v) is 5.39. The zero-order chi connectivity index (χ0) is 14.8. The molecular formula is C14H21NO4S. The molecule has 20 heavy (non-hydrogen) atoms. The third kappa shape index (κ3) is 2.97. The summed E-state index contributed by atoms with van der Waals surface area (Å²) in [6, 6.07) is 4.84. The van der Waals surface area contributed by atoms with Gasteiger partial charge in [-0.1, -0.05) is 13.0 Å². The standard InChI is InChI=1S/C14H21NO4S/c1-3-8-15(12-5-6-12)20(17,18)14-7-4-11(10-16)9-13(14)19-2/h4,7,9,12,16H,3,5-6,8,10H2,1-2H3. The van der Waals surface area contributed by atoms with Crippen molar-refractivity contribution in [3.8, 4) is 5.75 Å². The second-order valence-electron chi connectivity index (χ2n) is 4.99. The number of hydrogen-bond donors (Lipinski definition) is 1. The van der Waals surface area contributed by atoms with Gasteiger partial charge in [-0.05, 0) is 37.0 Å². The molecule has 1 aliphatic carbocycles.